The summed E-state index contributed by atoms with van der Waals surface area (Å²) in [6.07, 6.45) is 2.58. The normalized spacial score (nSPS) is 18.6. The minimum absolute atomic E-state index is 0.158. The van der Waals surface area contributed by atoms with Crippen molar-refractivity contribution in [1.29, 1.82) is 0 Å². The van der Waals surface area contributed by atoms with Gasteiger partial charge in [-0.3, -0.25) is 14.5 Å². The summed E-state index contributed by atoms with van der Waals surface area (Å²) in [6.45, 7) is 6.03. The van der Waals surface area contributed by atoms with Gasteiger partial charge in [0, 0.05) is 19.5 Å². The van der Waals surface area contributed by atoms with Crippen molar-refractivity contribution in [2.45, 2.75) is 39.2 Å². The van der Waals surface area contributed by atoms with E-state index in [4.69, 9.17) is 4.74 Å². The SMILES string of the molecule is CCC(=O)COC1CCN(CC(C)=O)CC1. The predicted octanol–water partition coefficient (Wildman–Crippen LogP) is 1.04. The Kier molecular flexibility index (Phi) is 5.63. The van der Waals surface area contributed by atoms with E-state index >= 15 is 0 Å². The number of piperidine rings is 1. The average Bonchev–Trinajstić information content (AvgIpc) is 2.27. The van der Waals surface area contributed by atoms with Gasteiger partial charge in [0.25, 0.3) is 0 Å². The molecule has 4 heteroatoms. The molecule has 0 saturated carbocycles. The quantitative estimate of drug-likeness (QED) is 0.680. The number of carbonyl (C=O) groups is 2. The van der Waals surface area contributed by atoms with Gasteiger partial charge < -0.3 is 4.74 Å². The van der Waals surface area contributed by atoms with Gasteiger partial charge >= 0.3 is 0 Å². The highest BCUT2D eigenvalue weighted by Crippen LogP contribution is 2.13. The Balaban J connectivity index is 2.16. The second kappa shape index (κ2) is 6.76. The molecule has 1 fully saturated rings. The predicted molar refractivity (Wildman–Crippen MR) is 61.4 cm³/mol. The van der Waals surface area contributed by atoms with Crippen LogP contribution in [0.4, 0.5) is 0 Å². The molecular formula is C12H21NO3. The number of hydrogen-bond acceptors (Lipinski definition) is 4. The molecule has 0 aromatic heterocycles. The number of ether oxygens (including phenoxy) is 1. The van der Waals surface area contributed by atoms with Gasteiger partial charge in [-0.05, 0) is 19.8 Å². The van der Waals surface area contributed by atoms with E-state index in [2.05, 4.69) is 4.90 Å². The Morgan fingerprint density at radius 2 is 1.94 bits per heavy atom. The van der Waals surface area contributed by atoms with Crippen LogP contribution in [0.3, 0.4) is 0 Å². The third-order valence-corrected chi connectivity index (χ3v) is 2.86. The first kappa shape index (κ1) is 13.3. The molecule has 1 aliphatic heterocycles. The lowest BCUT2D eigenvalue weighted by Gasteiger charge is -2.30. The monoisotopic (exact) mass is 227 g/mol. The van der Waals surface area contributed by atoms with Gasteiger partial charge in [-0.1, -0.05) is 6.92 Å². The van der Waals surface area contributed by atoms with E-state index in [-0.39, 0.29) is 24.3 Å². The second-order valence-corrected chi connectivity index (χ2v) is 4.38. The number of ketones is 2. The zero-order valence-corrected chi connectivity index (χ0v) is 10.2. The summed E-state index contributed by atoms with van der Waals surface area (Å²) in [5.41, 5.74) is 0. The molecule has 1 saturated heterocycles. The van der Waals surface area contributed by atoms with Crippen LogP contribution in [0.2, 0.25) is 0 Å². The molecular weight excluding hydrogens is 206 g/mol. The van der Waals surface area contributed by atoms with Gasteiger partial charge in [-0.15, -0.1) is 0 Å². The summed E-state index contributed by atoms with van der Waals surface area (Å²) in [7, 11) is 0. The summed E-state index contributed by atoms with van der Waals surface area (Å²) in [5.74, 6) is 0.367. The zero-order chi connectivity index (χ0) is 12.0. The molecule has 0 aromatic carbocycles. The molecule has 0 unspecified atom stereocenters. The van der Waals surface area contributed by atoms with Crippen LogP contribution in [-0.4, -0.2) is 48.8 Å². The van der Waals surface area contributed by atoms with E-state index in [9.17, 15) is 9.59 Å². The molecule has 1 heterocycles. The molecule has 0 N–H and O–H groups in total. The molecule has 0 radical (unpaired) electrons. The van der Waals surface area contributed by atoms with Crippen molar-refractivity contribution in [1.82, 2.24) is 4.90 Å². The molecule has 16 heavy (non-hydrogen) atoms. The van der Waals surface area contributed by atoms with Gasteiger partial charge in [0.1, 0.15) is 12.4 Å². The molecule has 0 amide bonds. The number of likely N-dealkylation sites (tertiary alicyclic amines) is 1. The number of Topliss-reactive ketones (excluding diaryl/α,β-unsaturated/α-hetero) is 2. The summed E-state index contributed by atoms with van der Waals surface area (Å²) in [6, 6.07) is 0. The number of hydrogen-bond donors (Lipinski definition) is 0. The van der Waals surface area contributed by atoms with Gasteiger partial charge in [0.05, 0.1) is 12.6 Å². The fourth-order valence-electron chi connectivity index (χ4n) is 1.86. The molecule has 0 aliphatic carbocycles. The minimum Gasteiger partial charge on any atom is -0.370 e. The van der Waals surface area contributed by atoms with E-state index in [0.29, 0.717) is 13.0 Å². The Morgan fingerprint density at radius 3 is 2.44 bits per heavy atom. The smallest absolute Gasteiger partial charge is 0.158 e. The lowest BCUT2D eigenvalue weighted by atomic mass is 10.1. The third kappa shape index (κ3) is 4.86. The van der Waals surface area contributed by atoms with Crippen LogP contribution in [-0.2, 0) is 14.3 Å². The average molecular weight is 227 g/mol. The largest absolute Gasteiger partial charge is 0.370 e. The Morgan fingerprint density at radius 1 is 1.31 bits per heavy atom. The van der Waals surface area contributed by atoms with Gasteiger partial charge in [-0.2, -0.15) is 0 Å². The minimum atomic E-state index is 0.158. The first-order chi connectivity index (χ1) is 7.61. The van der Waals surface area contributed by atoms with Crippen LogP contribution in [0.5, 0.6) is 0 Å². The van der Waals surface area contributed by atoms with Crippen molar-refractivity contribution in [3.8, 4) is 0 Å². The molecule has 1 aliphatic rings. The number of carbonyl (C=O) groups excluding carboxylic acids is 2. The molecule has 4 nitrogen and oxygen atoms in total. The van der Waals surface area contributed by atoms with Crippen LogP contribution in [0.25, 0.3) is 0 Å². The Bertz CT molecular complexity index is 245. The fraction of sp³-hybridized carbons (Fsp3) is 0.833. The van der Waals surface area contributed by atoms with Crippen LogP contribution in [0, 0.1) is 0 Å². The van der Waals surface area contributed by atoms with E-state index in [1.54, 1.807) is 6.92 Å². The van der Waals surface area contributed by atoms with Gasteiger partial charge in [-0.25, -0.2) is 0 Å². The molecule has 0 spiro atoms. The summed E-state index contributed by atoms with van der Waals surface area (Å²) in [5, 5.41) is 0. The zero-order valence-electron chi connectivity index (χ0n) is 10.2. The van der Waals surface area contributed by atoms with Crippen LogP contribution >= 0.6 is 0 Å². The maximum atomic E-state index is 11.1. The molecule has 0 atom stereocenters. The van der Waals surface area contributed by atoms with E-state index < -0.39 is 0 Å². The highest BCUT2D eigenvalue weighted by atomic mass is 16.5. The third-order valence-electron chi connectivity index (χ3n) is 2.86. The second-order valence-electron chi connectivity index (χ2n) is 4.38. The Labute approximate surface area is 96.9 Å². The highest BCUT2D eigenvalue weighted by molar-refractivity contribution is 5.79. The maximum Gasteiger partial charge on any atom is 0.158 e. The highest BCUT2D eigenvalue weighted by Gasteiger charge is 2.20. The van der Waals surface area contributed by atoms with Crippen molar-refractivity contribution < 1.29 is 14.3 Å². The van der Waals surface area contributed by atoms with E-state index in [1.807, 2.05) is 6.92 Å². The molecule has 1 rings (SSSR count). The van der Waals surface area contributed by atoms with Crippen LogP contribution in [0.15, 0.2) is 0 Å². The fourth-order valence-corrected chi connectivity index (χ4v) is 1.86. The maximum absolute atomic E-state index is 11.1. The number of rotatable bonds is 6. The standard InChI is InChI=1S/C12H21NO3/c1-3-11(15)9-16-12-4-6-13(7-5-12)8-10(2)14/h12H,3-9H2,1-2H3. The number of nitrogens with zero attached hydrogens (tertiary/aromatic N) is 1. The van der Waals surface area contributed by atoms with Crippen molar-refractivity contribution in [3.05, 3.63) is 0 Å². The lowest BCUT2D eigenvalue weighted by Crippen LogP contribution is -2.39. The van der Waals surface area contributed by atoms with Crippen molar-refractivity contribution >= 4 is 11.6 Å². The van der Waals surface area contributed by atoms with E-state index in [1.165, 1.54) is 0 Å². The summed E-state index contributed by atoms with van der Waals surface area (Å²) in [4.78, 5) is 24.2. The van der Waals surface area contributed by atoms with Crippen molar-refractivity contribution in [2.75, 3.05) is 26.2 Å². The molecule has 0 aromatic rings. The van der Waals surface area contributed by atoms with Crippen LogP contribution < -0.4 is 0 Å². The lowest BCUT2D eigenvalue weighted by molar-refractivity contribution is -0.126. The van der Waals surface area contributed by atoms with E-state index in [0.717, 1.165) is 25.9 Å². The topological polar surface area (TPSA) is 46.6 Å². The van der Waals surface area contributed by atoms with Crippen LogP contribution in [0.1, 0.15) is 33.1 Å². The first-order valence-corrected chi connectivity index (χ1v) is 5.97. The first-order valence-electron chi connectivity index (χ1n) is 5.97. The molecule has 92 valence electrons. The van der Waals surface area contributed by atoms with Crippen molar-refractivity contribution in [3.63, 3.8) is 0 Å². The summed E-state index contributed by atoms with van der Waals surface area (Å²) < 4.78 is 5.53. The summed E-state index contributed by atoms with van der Waals surface area (Å²) >= 11 is 0. The van der Waals surface area contributed by atoms with Gasteiger partial charge in [0.15, 0.2) is 5.78 Å². The van der Waals surface area contributed by atoms with Crippen molar-refractivity contribution in [2.24, 2.45) is 0 Å². The molecule has 0 bridgehead atoms. The Hall–Kier alpha value is -0.740. The van der Waals surface area contributed by atoms with Gasteiger partial charge in [0.2, 0.25) is 0 Å².